The maximum atomic E-state index is 14.2. The number of thiophene rings is 1. The second-order valence-corrected chi connectivity index (χ2v) is 10.4. The Morgan fingerprint density at radius 3 is 2.36 bits per heavy atom. The molecule has 0 spiro atoms. The highest BCUT2D eigenvalue weighted by Crippen LogP contribution is 2.47. The van der Waals surface area contributed by atoms with E-state index in [1.54, 1.807) is 42.5 Å². The number of hydrogen-bond acceptors (Lipinski definition) is 6. The van der Waals surface area contributed by atoms with Gasteiger partial charge in [-0.15, -0.1) is 11.3 Å². The van der Waals surface area contributed by atoms with Gasteiger partial charge < -0.3 is 24.2 Å². The van der Waals surface area contributed by atoms with Gasteiger partial charge in [-0.25, -0.2) is 0 Å². The summed E-state index contributed by atoms with van der Waals surface area (Å²) < 4.78 is 11.0. The molecular formula is C27H28ClN3O4S. The summed E-state index contributed by atoms with van der Waals surface area (Å²) in [6, 6.07) is 14.8. The van der Waals surface area contributed by atoms with Crippen LogP contribution in [0.3, 0.4) is 0 Å². The lowest BCUT2D eigenvalue weighted by Gasteiger charge is -2.43. The van der Waals surface area contributed by atoms with Gasteiger partial charge in [-0.1, -0.05) is 23.7 Å². The quantitative estimate of drug-likeness (QED) is 0.484. The molecule has 3 heterocycles. The van der Waals surface area contributed by atoms with E-state index in [4.69, 9.17) is 21.1 Å². The molecule has 36 heavy (non-hydrogen) atoms. The Bertz CT molecular complexity index is 1270. The lowest BCUT2D eigenvalue weighted by molar-refractivity contribution is -0.134. The number of benzene rings is 2. The minimum atomic E-state index is -0.557. The van der Waals surface area contributed by atoms with Gasteiger partial charge in [0, 0.05) is 54.4 Å². The van der Waals surface area contributed by atoms with E-state index in [9.17, 15) is 9.59 Å². The van der Waals surface area contributed by atoms with Crippen LogP contribution in [0.4, 0.5) is 5.69 Å². The largest absolute Gasteiger partial charge is 0.493 e. The number of ether oxygens (including phenoxy) is 2. The number of methoxy groups -OCH3 is 2. The molecular weight excluding hydrogens is 498 g/mol. The van der Waals surface area contributed by atoms with Crippen LogP contribution in [0, 0.1) is 0 Å². The van der Waals surface area contributed by atoms with Crippen molar-refractivity contribution in [2.45, 2.75) is 12.0 Å². The van der Waals surface area contributed by atoms with E-state index < -0.39 is 12.0 Å². The number of rotatable bonds is 5. The van der Waals surface area contributed by atoms with Crippen molar-refractivity contribution in [3.63, 3.8) is 0 Å². The zero-order valence-corrected chi connectivity index (χ0v) is 22.0. The molecule has 0 N–H and O–H groups in total. The number of nitrogens with zero attached hydrogens (tertiary/aromatic N) is 3. The second-order valence-electron chi connectivity index (χ2n) is 8.94. The Labute approximate surface area is 219 Å². The predicted molar refractivity (Wildman–Crippen MR) is 142 cm³/mol. The highest BCUT2D eigenvalue weighted by molar-refractivity contribution is 7.10. The zero-order valence-electron chi connectivity index (χ0n) is 20.4. The van der Waals surface area contributed by atoms with E-state index in [2.05, 4.69) is 4.90 Å². The lowest BCUT2D eigenvalue weighted by Crippen LogP contribution is -2.53. The van der Waals surface area contributed by atoms with E-state index in [1.165, 1.54) is 7.11 Å². The molecule has 5 rings (SSSR count). The van der Waals surface area contributed by atoms with Crippen LogP contribution in [-0.2, 0) is 4.79 Å². The van der Waals surface area contributed by atoms with Gasteiger partial charge in [0.25, 0.3) is 5.91 Å². The van der Waals surface area contributed by atoms with E-state index in [-0.39, 0.29) is 11.8 Å². The Hall–Kier alpha value is -3.23. The Balaban J connectivity index is 1.50. The van der Waals surface area contributed by atoms with E-state index in [1.807, 2.05) is 46.7 Å². The molecule has 0 radical (unpaired) electrons. The average molecular weight is 526 g/mol. The molecule has 1 fully saturated rings. The highest BCUT2D eigenvalue weighted by Gasteiger charge is 2.45. The molecule has 1 aromatic heterocycles. The first-order chi connectivity index (χ1) is 17.4. The van der Waals surface area contributed by atoms with Gasteiger partial charge in [-0.3, -0.25) is 9.59 Å². The Kier molecular flexibility index (Phi) is 6.81. The number of amides is 2. The molecule has 0 saturated carbocycles. The topological polar surface area (TPSA) is 62.3 Å². The third-order valence-electron chi connectivity index (χ3n) is 7.04. The summed E-state index contributed by atoms with van der Waals surface area (Å²) in [5, 5.41) is 2.67. The number of likely N-dealkylation sites (N-methyl/N-ethyl adjacent to an activating group) is 1. The molecule has 2 aliphatic heterocycles. The lowest BCUT2D eigenvalue weighted by atomic mass is 9.81. The number of fused-ring (bicyclic) bond motifs is 1. The van der Waals surface area contributed by atoms with Crippen molar-refractivity contribution in [3.8, 4) is 11.5 Å². The minimum Gasteiger partial charge on any atom is -0.493 e. The molecule has 2 aromatic carbocycles. The van der Waals surface area contributed by atoms with E-state index in [0.717, 1.165) is 10.6 Å². The molecule has 2 amide bonds. The first kappa shape index (κ1) is 24.5. The molecule has 0 aliphatic carbocycles. The van der Waals surface area contributed by atoms with Crippen molar-refractivity contribution in [3.05, 3.63) is 74.9 Å². The maximum Gasteiger partial charge on any atom is 0.254 e. The number of carbonyl (C=O) groups excluding carboxylic acids is 2. The van der Waals surface area contributed by atoms with Crippen LogP contribution in [0.15, 0.2) is 53.9 Å². The molecule has 3 aromatic rings. The molecule has 9 heteroatoms. The molecule has 0 unspecified atom stereocenters. The molecule has 0 bridgehead atoms. The van der Waals surface area contributed by atoms with Crippen molar-refractivity contribution < 1.29 is 19.1 Å². The summed E-state index contributed by atoms with van der Waals surface area (Å²) in [7, 11) is 4.87. The fourth-order valence-corrected chi connectivity index (χ4v) is 6.27. The van der Waals surface area contributed by atoms with Crippen molar-refractivity contribution in [1.82, 2.24) is 9.80 Å². The smallest absolute Gasteiger partial charge is 0.254 e. The number of anilines is 1. The number of halogens is 1. The summed E-state index contributed by atoms with van der Waals surface area (Å²) in [5.41, 5.74) is 2.20. The third-order valence-corrected chi connectivity index (χ3v) is 8.22. The number of hydrogen-bond donors (Lipinski definition) is 0. The fourth-order valence-electron chi connectivity index (χ4n) is 5.18. The van der Waals surface area contributed by atoms with Crippen LogP contribution in [0.1, 0.15) is 32.8 Å². The van der Waals surface area contributed by atoms with E-state index in [0.29, 0.717) is 53.8 Å². The van der Waals surface area contributed by atoms with Gasteiger partial charge in [0.15, 0.2) is 11.5 Å². The summed E-state index contributed by atoms with van der Waals surface area (Å²) in [6.45, 7) is 2.57. The van der Waals surface area contributed by atoms with Crippen molar-refractivity contribution in [1.29, 1.82) is 0 Å². The number of piperazine rings is 1. The standard InChI is InChI=1S/C27H28ClN3O4S/c1-29-25(23-8-5-13-36-23)24(19-15-21(34-2)22(35-3)16-20(19)26(29)32)27(33)31-11-9-30(10-12-31)18-7-4-6-17(28)14-18/h4-8,13-16,24-25H,9-12H2,1-3H3/t24-,25-/m0/s1. The van der Waals surface area contributed by atoms with Crippen molar-refractivity contribution in [2.75, 3.05) is 52.3 Å². The normalized spacial score (nSPS) is 19.8. The van der Waals surface area contributed by atoms with E-state index >= 15 is 0 Å². The summed E-state index contributed by atoms with van der Waals surface area (Å²) in [6.07, 6.45) is 0. The molecule has 2 atom stereocenters. The fraction of sp³-hybridized carbons (Fsp3) is 0.333. The second kappa shape index (κ2) is 10.0. The summed E-state index contributed by atoms with van der Waals surface area (Å²) in [4.78, 5) is 34.5. The molecule has 7 nitrogen and oxygen atoms in total. The highest BCUT2D eigenvalue weighted by atomic mass is 35.5. The van der Waals surface area contributed by atoms with Crippen LogP contribution < -0.4 is 14.4 Å². The summed E-state index contributed by atoms with van der Waals surface area (Å²) >= 11 is 7.74. The van der Waals surface area contributed by atoms with Gasteiger partial charge in [0.2, 0.25) is 5.91 Å². The van der Waals surface area contributed by atoms with Gasteiger partial charge in [-0.2, -0.15) is 0 Å². The first-order valence-electron chi connectivity index (χ1n) is 11.8. The monoisotopic (exact) mass is 525 g/mol. The molecule has 188 valence electrons. The first-order valence-corrected chi connectivity index (χ1v) is 13.0. The van der Waals surface area contributed by atoms with Crippen molar-refractivity contribution in [2.24, 2.45) is 0 Å². The zero-order chi connectivity index (χ0) is 25.4. The predicted octanol–water partition coefficient (Wildman–Crippen LogP) is 4.68. The van der Waals surface area contributed by atoms with Gasteiger partial charge >= 0.3 is 0 Å². The van der Waals surface area contributed by atoms with Gasteiger partial charge in [0.1, 0.15) is 0 Å². The van der Waals surface area contributed by atoms with Crippen LogP contribution in [0.5, 0.6) is 11.5 Å². The third kappa shape index (κ3) is 4.29. The molecule has 1 saturated heterocycles. The maximum absolute atomic E-state index is 14.2. The van der Waals surface area contributed by atoms with Crippen LogP contribution in [-0.4, -0.2) is 69.1 Å². The number of carbonyl (C=O) groups is 2. The van der Waals surface area contributed by atoms with Crippen molar-refractivity contribution >= 4 is 40.4 Å². The van der Waals surface area contributed by atoms with Crippen LogP contribution in [0.2, 0.25) is 5.02 Å². The summed E-state index contributed by atoms with van der Waals surface area (Å²) in [5.74, 6) is 0.279. The van der Waals surface area contributed by atoms with Gasteiger partial charge in [-0.05, 0) is 47.3 Å². The van der Waals surface area contributed by atoms with Gasteiger partial charge in [0.05, 0.1) is 26.2 Å². The minimum absolute atomic E-state index is 0.00645. The Morgan fingerprint density at radius 2 is 1.72 bits per heavy atom. The Morgan fingerprint density at radius 1 is 1.00 bits per heavy atom. The SMILES string of the molecule is COc1cc2c(cc1OC)[C@H](C(=O)N1CCN(c3cccc(Cl)c3)CC1)[C@H](c1cccs1)N(C)C2=O. The molecule has 2 aliphatic rings. The van der Waals surface area contributed by atoms with Crippen LogP contribution in [0.25, 0.3) is 0 Å². The van der Waals surface area contributed by atoms with Crippen LogP contribution >= 0.6 is 22.9 Å². The average Bonchev–Trinajstić information content (AvgIpc) is 3.44.